The zero-order valence-corrected chi connectivity index (χ0v) is 17.2. The summed E-state index contributed by atoms with van der Waals surface area (Å²) >= 11 is 0. The minimum atomic E-state index is -0.0903. The second kappa shape index (κ2) is 10.3. The van der Waals surface area contributed by atoms with E-state index < -0.39 is 0 Å². The molecule has 3 heterocycles. The molecule has 7 heteroatoms. The van der Waals surface area contributed by atoms with Crippen molar-refractivity contribution in [3.63, 3.8) is 0 Å². The maximum atomic E-state index is 12.1. The number of rotatable bonds is 6. The lowest BCUT2D eigenvalue weighted by atomic mass is 9.98. The van der Waals surface area contributed by atoms with E-state index >= 15 is 0 Å². The van der Waals surface area contributed by atoms with Crippen LogP contribution in [0.1, 0.15) is 45.1 Å². The molecule has 0 amide bonds. The Morgan fingerprint density at radius 1 is 1.29 bits per heavy atom. The summed E-state index contributed by atoms with van der Waals surface area (Å²) < 4.78 is 5.22. The van der Waals surface area contributed by atoms with Gasteiger partial charge in [0.2, 0.25) is 0 Å². The Labute approximate surface area is 168 Å². The molecule has 0 aliphatic carbocycles. The van der Waals surface area contributed by atoms with Crippen molar-refractivity contribution in [2.24, 2.45) is 10.9 Å². The van der Waals surface area contributed by atoms with Crippen LogP contribution in [0.4, 0.5) is 5.82 Å². The van der Waals surface area contributed by atoms with E-state index in [0.717, 1.165) is 56.4 Å². The summed E-state index contributed by atoms with van der Waals surface area (Å²) in [4.78, 5) is 26.0. The van der Waals surface area contributed by atoms with Gasteiger partial charge in [-0.15, -0.1) is 0 Å². The highest BCUT2D eigenvalue weighted by Crippen LogP contribution is 2.20. The molecule has 1 N–H and O–H groups in total. The molecule has 0 aromatic carbocycles. The molecule has 1 atom stereocenters. The topological polar surface area (TPSA) is 70.1 Å². The number of likely N-dealkylation sites (tertiary alicyclic amines) is 1. The third kappa shape index (κ3) is 5.36. The Kier molecular flexibility index (Phi) is 7.51. The maximum absolute atomic E-state index is 12.1. The van der Waals surface area contributed by atoms with Crippen LogP contribution in [0.3, 0.4) is 0 Å². The number of esters is 1. The number of ether oxygens (including phenoxy) is 1. The van der Waals surface area contributed by atoms with E-state index in [1.807, 2.05) is 19.2 Å². The monoisotopic (exact) mass is 387 g/mol. The number of hydrogen-bond acceptors (Lipinski definition) is 5. The van der Waals surface area contributed by atoms with Gasteiger partial charge >= 0.3 is 5.97 Å². The first-order chi connectivity index (χ1) is 13.7. The van der Waals surface area contributed by atoms with Gasteiger partial charge in [0, 0.05) is 38.9 Å². The second-order valence-electron chi connectivity index (χ2n) is 7.42. The van der Waals surface area contributed by atoms with Crippen molar-refractivity contribution in [1.82, 2.24) is 15.2 Å². The van der Waals surface area contributed by atoms with Crippen LogP contribution in [0.2, 0.25) is 0 Å². The van der Waals surface area contributed by atoms with Crippen molar-refractivity contribution in [2.75, 3.05) is 44.2 Å². The van der Waals surface area contributed by atoms with Crippen LogP contribution < -0.4 is 10.2 Å². The molecule has 1 aromatic rings. The number of aliphatic imine (C=N–C) groups is 1. The van der Waals surface area contributed by atoms with Crippen molar-refractivity contribution in [2.45, 2.75) is 46.1 Å². The molecule has 2 aliphatic rings. The van der Waals surface area contributed by atoms with E-state index in [1.54, 1.807) is 0 Å². The lowest BCUT2D eigenvalue weighted by Crippen LogP contribution is -2.48. The molecule has 28 heavy (non-hydrogen) atoms. The number of nitrogens with zero attached hydrogens (tertiary/aromatic N) is 4. The van der Waals surface area contributed by atoms with E-state index in [1.165, 1.54) is 12.8 Å². The highest BCUT2D eigenvalue weighted by atomic mass is 16.5. The Hall–Kier alpha value is -2.31. The Balaban J connectivity index is 1.67. The van der Waals surface area contributed by atoms with E-state index in [4.69, 9.17) is 9.73 Å². The molecule has 2 aliphatic heterocycles. The van der Waals surface area contributed by atoms with Crippen LogP contribution >= 0.6 is 0 Å². The molecule has 7 nitrogen and oxygen atoms in total. The molecule has 1 aromatic heterocycles. The smallest absolute Gasteiger partial charge is 0.310 e. The fourth-order valence-electron chi connectivity index (χ4n) is 3.89. The summed E-state index contributed by atoms with van der Waals surface area (Å²) in [6.45, 7) is 9.52. The molecule has 0 spiro atoms. The van der Waals surface area contributed by atoms with Crippen LogP contribution in [0.5, 0.6) is 0 Å². The van der Waals surface area contributed by atoms with E-state index in [0.29, 0.717) is 19.7 Å². The number of pyridine rings is 1. The van der Waals surface area contributed by atoms with Crippen LogP contribution in [-0.2, 0) is 16.1 Å². The Morgan fingerprint density at radius 2 is 2.11 bits per heavy atom. The number of carbonyl (C=O) groups excluding carboxylic acids is 1. The number of carbonyl (C=O) groups is 1. The summed E-state index contributed by atoms with van der Waals surface area (Å²) in [6.07, 6.45) is 6.22. The van der Waals surface area contributed by atoms with Crippen LogP contribution in [0, 0.1) is 5.92 Å². The van der Waals surface area contributed by atoms with Gasteiger partial charge in [-0.3, -0.25) is 4.79 Å². The molecule has 154 valence electrons. The van der Waals surface area contributed by atoms with Crippen molar-refractivity contribution in [3.05, 3.63) is 23.9 Å². The third-order valence-electron chi connectivity index (χ3n) is 5.33. The molecule has 0 saturated carbocycles. The number of anilines is 1. The molecule has 3 rings (SSSR count). The highest BCUT2D eigenvalue weighted by molar-refractivity contribution is 5.81. The van der Waals surface area contributed by atoms with Crippen molar-refractivity contribution in [3.8, 4) is 0 Å². The number of hydrogen-bond donors (Lipinski definition) is 1. The van der Waals surface area contributed by atoms with Gasteiger partial charge < -0.3 is 19.9 Å². The minimum absolute atomic E-state index is 0.0692. The predicted molar refractivity (Wildman–Crippen MR) is 111 cm³/mol. The van der Waals surface area contributed by atoms with Gasteiger partial charge in [0.05, 0.1) is 19.1 Å². The average Bonchev–Trinajstić information content (AvgIpc) is 3.26. The van der Waals surface area contributed by atoms with E-state index in [9.17, 15) is 4.79 Å². The molecule has 1 unspecified atom stereocenters. The first-order valence-electron chi connectivity index (χ1n) is 10.6. The SMILES string of the molecule is CCNC(=NCc1ccnc(N2CCCC2)c1)N1CCCC(C(=O)OCC)C1. The molecule has 0 bridgehead atoms. The summed E-state index contributed by atoms with van der Waals surface area (Å²) in [6, 6.07) is 4.18. The fourth-order valence-corrected chi connectivity index (χ4v) is 3.89. The fraction of sp³-hybridized carbons (Fsp3) is 0.667. The maximum Gasteiger partial charge on any atom is 0.310 e. The van der Waals surface area contributed by atoms with Crippen molar-refractivity contribution < 1.29 is 9.53 Å². The van der Waals surface area contributed by atoms with E-state index in [-0.39, 0.29) is 11.9 Å². The largest absolute Gasteiger partial charge is 0.466 e. The Morgan fingerprint density at radius 3 is 2.86 bits per heavy atom. The van der Waals surface area contributed by atoms with Crippen LogP contribution in [0.15, 0.2) is 23.3 Å². The third-order valence-corrected chi connectivity index (χ3v) is 5.33. The van der Waals surface area contributed by atoms with Gasteiger partial charge in [-0.25, -0.2) is 9.98 Å². The number of guanidine groups is 1. The second-order valence-corrected chi connectivity index (χ2v) is 7.42. The first-order valence-corrected chi connectivity index (χ1v) is 10.6. The van der Waals surface area contributed by atoms with Gasteiger partial charge in [0.15, 0.2) is 5.96 Å². The van der Waals surface area contributed by atoms with Crippen LogP contribution in [-0.4, -0.2) is 61.1 Å². The average molecular weight is 388 g/mol. The molecule has 0 radical (unpaired) electrons. The summed E-state index contributed by atoms with van der Waals surface area (Å²) in [7, 11) is 0. The zero-order valence-electron chi connectivity index (χ0n) is 17.2. The van der Waals surface area contributed by atoms with Gasteiger partial charge in [-0.05, 0) is 57.2 Å². The Bertz CT molecular complexity index is 673. The minimum Gasteiger partial charge on any atom is -0.466 e. The standard InChI is InChI=1S/C21H33N5O2/c1-3-22-21(26-13-7-8-18(16-26)20(27)28-4-2)24-15-17-9-10-23-19(14-17)25-11-5-6-12-25/h9-10,14,18H,3-8,11-13,15-16H2,1-2H3,(H,22,24). The highest BCUT2D eigenvalue weighted by Gasteiger charge is 2.28. The lowest BCUT2D eigenvalue weighted by Gasteiger charge is -2.34. The quantitative estimate of drug-likeness (QED) is 0.459. The molecule has 2 saturated heterocycles. The predicted octanol–water partition coefficient (Wildman–Crippen LogP) is 2.42. The van der Waals surface area contributed by atoms with Gasteiger partial charge in [0.1, 0.15) is 5.82 Å². The van der Waals surface area contributed by atoms with Gasteiger partial charge in [-0.1, -0.05) is 0 Å². The molecule has 2 fully saturated rings. The summed E-state index contributed by atoms with van der Waals surface area (Å²) in [5, 5.41) is 3.38. The molecular formula is C21H33N5O2. The summed E-state index contributed by atoms with van der Waals surface area (Å²) in [5.41, 5.74) is 1.16. The molecular weight excluding hydrogens is 354 g/mol. The normalized spacial score (nSPS) is 20.4. The van der Waals surface area contributed by atoms with E-state index in [2.05, 4.69) is 33.1 Å². The van der Waals surface area contributed by atoms with Gasteiger partial charge in [0.25, 0.3) is 0 Å². The number of aromatic nitrogens is 1. The van der Waals surface area contributed by atoms with Crippen molar-refractivity contribution >= 4 is 17.7 Å². The number of piperidine rings is 1. The van der Waals surface area contributed by atoms with Crippen molar-refractivity contribution in [1.29, 1.82) is 0 Å². The number of nitrogens with one attached hydrogen (secondary N) is 1. The van der Waals surface area contributed by atoms with Gasteiger partial charge in [-0.2, -0.15) is 0 Å². The van der Waals surface area contributed by atoms with Crippen LogP contribution in [0.25, 0.3) is 0 Å². The first kappa shape index (κ1) is 20.4. The lowest BCUT2D eigenvalue weighted by molar-refractivity contribution is -0.149. The summed E-state index contributed by atoms with van der Waals surface area (Å²) in [5.74, 6) is 1.76. The zero-order chi connectivity index (χ0) is 19.8.